The number of anilines is 1. The van der Waals surface area contributed by atoms with Crippen LogP contribution in [0.5, 0.6) is 5.75 Å². The molecule has 24 heavy (non-hydrogen) atoms. The minimum absolute atomic E-state index is 0.0127. The molecule has 0 fully saturated rings. The quantitative estimate of drug-likeness (QED) is 0.676. The lowest BCUT2D eigenvalue weighted by Crippen LogP contribution is -2.21. The second-order valence-corrected chi connectivity index (χ2v) is 5.99. The topological polar surface area (TPSA) is 58.0 Å². The van der Waals surface area contributed by atoms with Gasteiger partial charge in [-0.1, -0.05) is 51.0 Å². The Hall–Kier alpha value is -2.62. The first-order chi connectivity index (χ1) is 11.7. The zero-order valence-corrected chi connectivity index (χ0v) is 14.1. The SMILES string of the molecule is CCC(CC)C(Nc1ccccn1)c1ccc2cccnc2c1O. The molecule has 0 aliphatic heterocycles. The van der Waals surface area contributed by atoms with E-state index in [9.17, 15) is 5.11 Å². The van der Waals surface area contributed by atoms with E-state index in [0.717, 1.165) is 29.6 Å². The predicted octanol–water partition coefficient (Wildman–Crippen LogP) is 4.92. The highest BCUT2D eigenvalue weighted by Crippen LogP contribution is 2.38. The van der Waals surface area contributed by atoms with Crippen molar-refractivity contribution in [3.05, 3.63) is 60.4 Å². The van der Waals surface area contributed by atoms with Crippen LogP contribution in [0.4, 0.5) is 5.82 Å². The monoisotopic (exact) mass is 321 g/mol. The third kappa shape index (κ3) is 3.18. The van der Waals surface area contributed by atoms with Gasteiger partial charge in [0.2, 0.25) is 0 Å². The van der Waals surface area contributed by atoms with Crippen LogP contribution in [0.15, 0.2) is 54.9 Å². The fourth-order valence-electron chi connectivity index (χ4n) is 3.21. The number of fused-ring (bicyclic) bond motifs is 1. The van der Waals surface area contributed by atoms with Gasteiger partial charge in [0.1, 0.15) is 17.1 Å². The highest BCUT2D eigenvalue weighted by atomic mass is 16.3. The average molecular weight is 321 g/mol. The Bertz CT molecular complexity index is 800. The molecule has 0 aliphatic carbocycles. The molecule has 0 bridgehead atoms. The Labute approximate surface area is 142 Å². The summed E-state index contributed by atoms with van der Waals surface area (Å²) < 4.78 is 0. The Kier molecular flexibility index (Phi) is 4.94. The maximum absolute atomic E-state index is 10.8. The van der Waals surface area contributed by atoms with Gasteiger partial charge in [0.15, 0.2) is 0 Å². The summed E-state index contributed by atoms with van der Waals surface area (Å²) in [6.07, 6.45) is 5.51. The summed E-state index contributed by atoms with van der Waals surface area (Å²) in [5.74, 6) is 1.46. The standard InChI is InChI=1S/C20H23N3O/c1-3-14(4-2)18(23-17-9-5-6-12-21-17)16-11-10-15-8-7-13-22-19(15)20(16)24/h5-14,18,24H,3-4H2,1-2H3,(H,21,23). The van der Waals surface area contributed by atoms with E-state index in [0.29, 0.717) is 11.4 Å². The Balaban J connectivity index is 2.06. The summed E-state index contributed by atoms with van der Waals surface area (Å²) in [5.41, 5.74) is 1.52. The van der Waals surface area contributed by atoms with Crippen molar-refractivity contribution in [3.8, 4) is 5.75 Å². The smallest absolute Gasteiger partial charge is 0.147 e. The van der Waals surface area contributed by atoms with E-state index >= 15 is 0 Å². The molecule has 0 aliphatic rings. The van der Waals surface area contributed by atoms with Gasteiger partial charge in [-0.05, 0) is 24.1 Å². The molecule has 1 unspecified atom stereocenters. The van der Waals surface area contributed by atoms with Crippen LogP contribution in [0, 0.1) is 5.92 Å². The number of pyridine rings is 2. The van der Waals surface area contributed by atoms with Crippen molar-refractivity contribution in [1.29, 1.82) is 0 Å². The Morgan fingerprint density at radius 2 is 1.75 bits per heavy atom. The molecular weight excluding hydrogens is 298 g/mol. The van der Waals surface area contributed by atoms with Crippen LogP contribution in [0.3, 0.4) is 0 Å². The molecule has 2 heterocycles. The minimum atomic E-state index is -0.0127. The highest BCUT2D eigenvalue weighted by molar-refractivity contribution is 5.85. The van der Waals surface area contributed by atoms with Gasteiger partial charge in [0.05, 0.1) is 6.04 Å². The highest BCUT2D eigenvalue weighted by Gasteiger charge is 2.24. The lowest BCUT2D eigenvalue weighted by molar-refractivity contribution is 0.405. The number of nitrogens with zero attached hydrogens (tertiary/aromatic N) is 2. The summed E-state index contributed by atoms with van der Waals surface area (Å²) >= 11 is 0. The van der Waals surface area contributed by atoms with Gasteiger partial charge in [0.25, 0.3) is 0 Å². The van der Waals surface area contributed by atoms with Gasteiger partial charge in [-0.15, -0.1) is 0 Å². The van der Waals surface area contributed by atoms with E-state index in [1.165, 1.54) is 0 Å². The zero-order valence-electron chi connectivity index (χ0n) is 14.1. The van der Waals surface area contributed by atoms with Gasteiger partial charge in [-0.3, -0.25) is 4.98 Å². The molecule has 3 aromatic rings. The Morgan fingerprint density at radius 3 is 2.46 bits per heavy atom. The van der Waals surface area contributed by atoms with Crippen molar-refractivity contribution in [3.63, 3.8) is 0 Å². The zero-order chi connectivity index (χ0) is 16.9. The van der Waals surface area contributed by atoms with Crippen LogP contribution in [0.2, 0.25) is 0 Å². The first-order valence-corrected chi connectivity index (χ1v) is 8.48. The first-order valence-electron chi connectivity index (χ1n) is 8.48. The van der Waals surface area contributed by atoms with Crippen LogP contribution < -0.4 is 5.32 Å². The minimum Gasteiger partial charge on any atom is -0.505 e. The van der Waals surface area contributed by atoms with E-state index in [1.54, 1.807) is 12.4 Å². The number of aromatic nitrogens is 2. The summed E-state index contributed by atoms with van der Waals surface area (Å²) in [4.78, 5) is 8.73. The van der Waals surface area contributed by atoms with E-state index < -0.39 is 0 Å². The van der Waals surface area contributed by atoms with Crippen molar-refractivity contribution >= 4 is 16.7 Å². The average Bonchev–Trinajstić information content (AvgIpc) is 2.63. The number of aromatic hydroxyl groups is 1. The summed E-state index contributed by atoms with van der Waals surface area (Å²) in [5, 5.41) is 15.3. The van der Waals surface area contributed by atoms with Crippen molar-refractivity contribution in [2.45, 2.75) is 32.7 Å². The number of hydrogen-bond acceptors (Lipinski definition) is 4. The van der Waals surface area contributed by atoms with Crippen molar-refractivity contribution < 1.29 is 5.11 Å². The number of phenolic OH excluding ortho intramolecular Hbond substituents is 1. The van der Waals surface area contributed by atoms with Crippen LogP contribution in [0.25, 0.3) is 10.9 Å². The maximum Gasteiger partial charge on any atom is 0.147 e. The lowest BCUT2D eigenvalue weighted by atomic mass is 9.87. The molecule has 4 heteroatoms. The lowest BCUT2D eigenvalue weighted by Gasteiger charge is -2.28. The van der Waals surface area contributed by atoms with Gasteiger partial charge in [-0.2, -0.15) is 0 Å². The summed E-state index contributed by atoms with van der Waals surface area (Å²) in [7, 11) is 0. The van der Waals surface area contributed by atoms with Crippen molar-refractivity contribution in [2.24, 2.45) is 5.92 Å². The molecule has 0 amide bonds. The first kappa shape index (κ1) is 16.2. The fraction of sp³-hybridized carbons (Fsp3) is 0.300. The van der Waals surface area contributed by atoms with Crippen LogP contribution >= 0.6 is 0 Å². The van der Waals surface area contributed by atoms with Crippen molar-refractivity contribution in [1.82, 2.24) is 9.97 Å². The summed E-state index contributed by atoms with van der Waals surface area (Å²) in [6, 6.07) is 13.7. The van der Waals surface area contributed by atoms with E-state index in [2.05, 4.69) is 29.1 Å². The number of phenols is 1. The third-order valence-electron chi connectivity index (χ3n) is 4.60. The number of hydrogen-bond donors (Lipinski definition) is 2. The van der Waals surface area contributed by atoms with Crippen molar-refractivity contribution in [2.75, 3.05) is 5.32 Å². The molecule has 4 nitrogen and oxygen atoms in total. The normalized spacial score (nSPS) is 12.5. The van der Waals surface area contributed by atoms with E-state index in [4.69, 9.17) is 0 Å². The van der Waals surface area contributed by atoms with Gasteiger partial charge in [0, 0.05) is 23.3 Å². The molecular formula is C20H23N3O. The number of nitrogens with one attached hydrogen (secondary N) is 1. The van der Waals surface area contributed by atoms with Gasteiger partial charge >= 0.3 is 0 Å². The number of benzene rings is 1. The fourth-order valence-corrected chi connectivity index (χ4v) is 3.21. The molecule has 1 atom stereocenters. The second kappa shape index (κ2) is 7.30. The molecule has 0 saturated heterocycles. The van der Waals surface area contributed by atoms with E-state index in [1.807, 2.05) is 42.5 Å². The second-order valence-electron chi connectivity index (χ2n) is 5.99. The largest absolute Gasteiger partial charge is 0.505 e. The number of rotatable bonds is 6. The summed E-state index contributed by atoms with van der Waals surface area (Å²) in [6.45, 7) is 4.36. The molecule has 124 valence electrons. The van der Waals surface area contributed by atoms with Crippen LogP contribution in [-0.4, -0.2) is 15.1 Å². The van der Waals surface area contributed by atoms with E-state index in [-0.39, 0.29) is 11.8 Å². The van der Waals surface area contributed by atoms with Crippen LogP contribution in [0.1, 0.15) is 38.3 Å². The third-order valence-corrected chi connectivity index (χ3v) is 4.60. The molecule has 2 N–H and O–H groups in total. The predicted molar refractivity (Wildman–Crippen MR) is 98.1 cm³/mol. The molecule has 0 saturated carbocycles. The molecule has 1 aromatic carbocycles. The molecule has 3 rings (SSSR count). The van der Waals surface area contributed by atoms with Gasteiger partial charge in [-0.25, -0.2) is 4.98 Å². The molecule has 0 radical (unpaired) electrons. The maximum atomic E-state index is 10.8. The Morgan fingerprint density at radius 1 is 0.958 bits per heavy atom. The molecule has 2 aromatic heterocycles. The molecule has 0 spiro atoms. The van der Waals surface area contributed by atoms with Crippen LogP contribution in [-0.2, 0) is 0 Å². The van der Waals surface area contributed by atoms with Gasteiger partial charge < -0.3 is 10.4 Å².